The van der Waals surface area contributed by atoms with Crippen molar-refractivity contribution in [2.75, 3.05) is 44.6 Å². The zero-order valence-electron chi connectivity index (χ0n) is 17.0. The highest BCUT2D eigenvalue weighted by Gasteiger charge is 2.30. The lowest BCUT2D eigenvalue weighted by molar-refractivity contribution is -0.137. The molecule has 9 heteroatoms. The van der Waals surface area contributed by atoms with Gasteiger partial charge in [-0.2, -0.15) is 13.2 Å². The van der Waals surface area contributed by atoms with Gasteiger partial charge < -0.3 is 20.3 Å². The maximum atomic E-state index is 12.9. The first kappa shape index (κ1) is 23.2. The lowest BCUT2D eigenvalue weighted by Crippen LogP contribution is -2.27. The summed E-state index contributed by atoms with van der Waals surface area (Å²) in [6, 6.07) is 8.89. The van der Waals surface area contributed by atoms with Gasteiger partial charge in [-0.25, -0.2) is 0 Å². The van der Waals surface area contributed by atoms with Crippen molar-refractivity contribution in [3.05, 3.63) is 59.2 Å². The lowest BCUT2D eigenvalue weighted by Gasteiger charge is -2.18. The second kappa shape index (κ2) is 10.1. The van der Waals surface area contributed by atoms with E-state index in [9.17, 15) is 22.8 Å². The Morgan fingerprint density at radius 2 is 1.80 bits per heavy atom. The fraction of sp³-hybridized carbons (Fsp3) is 0.333. The van der Waals surface area contributed by atoms with Crippen molar-refractivity contribution in [1.29, 1.82) is 0 Å². The van der Waals surface area contributed by atoms with Gasteiger partial charge in [0, 0.05) is 51.3 Å². The monoisotopic (exact) mass is 423 g/mol. The van der Waals surface area contributed by atoms with Gasteiger partial charge in [-0.15, -0.1) is 0 Å². The number of hydrogen-bond acceptors (Lipinski definition) is 4. The summed E-state index contributed by atoms with van der Waals surface area (Å²) >= 11 is 0. The summed E-state index contributed by atoms with van der Waals surface area (Å²) in [6.07, 6.45) is -3.90. The van der Waals surface area contributed by atoms with E-state index in [-0.39, 0.29) is 11.5 Å². The number of nitrogens with zero attached hydrogens (tertiary/aromatic N) is 1. The maximum Gasteiger partial charge on any atom is 0.416 e. The molecule has 2 N–H and O–H groups in total. The summed E-state index contributed by atoms with van der Waals surface area (Å²) < 4.78 is 43.6. The van der Waals surface area contributed by atoms with Crippen LogP contribution >= 0.6 is 0 Å². The van der Waals surface area contributed by atoms with Crippen molar-refractivity contribution in [3.8, 4) is 0 Å². The summed E-state index contributed by atoms with van der Waals surface area (Å²) in [5, 5.41) is 5.33. The molecule has 6 nitrogen and oxygen atoms in total. The van der Waals surface area contributed by atoms with Gasteiger partial charge >= 0.3 is 6.18 Å². The minimum Gasteiger partial charge on any atom is -0.385 e. The van der Waals surface area contributed by atoms with E-state index in [4.69, 9.17) is 4.74 Å². The molecule has 0 saturated heterocycles. The topological polar surface area (TPSA) is 70.7 Å². The molecule has 0 spiro atoms. The first-order valence-electron chi connectivity index (χ1n) is 9.20. The molecule has 2 rings (SSSR count). The number of anilines is 2. The number of hydrogen-bond donors (Lipinski definition) is 2. The van der Waals surface area contributed by atoms with Gasteiger partial charge in [0.15, 0.2) is 0 Å². The van der Waals surface area contributed by atoms with E-state index in [1.807, 2.05) is 0 Å². The number of benzene rings is 2. The Kier molecular flexibility index (Phi) is 7.82. The third-order valence-corrected chi connectivity index (χ3v) is 4.24. The van der Waals surface area contributed by atoms with E-state index >= 15 is 0 Å². The Morgan fingerprint density at radius 1 is 1.07 bits per heavy atom. The smallest absolute Gasteiger partial charge is 0.385 e. The zero-order valence-corrected chi connectivity index (χ0v) is 17.0. The highest BCUT2D eigenvalue weighted by atomic mass is 19.4. The number of carbonyl (C=O) groups excluding carboxylic acids is 2. The van der Waals surface area contributed by atoms with Gasteiger partial charge in [0.25, 0.3) is 11.8 Å². The van der Waals surface area contributed by atoms with E-state index in [1.165, 1.54) is 18.2 Å². The minimum atomic E-state index is -4.54. The summed E-state index contributed by atoms with van der Waals surface area (Å²) in [5.41, 5.74) is 0.224. The molecule has 0 radical (unpaired) electrons. The van der Waals surface area contributed by atoms with Crippen LogP contribution in [0.15, 0.2) is 42.5 Å². The molecule has 0 fully saturated rings. The Hall–Kier alpha value is -3.07. The van der Waals surface area contributed by atoms with Crippen LogP contribution < -0.4 is 15.5 Å². The highest BCUT2D eigenvalue weighted by molar-refractivity contribution is 6.06. The average Bonchev–Trinajstić information content (AvgIpc) is 2.70. The minimum absolute atomic E-state index is 0.132. The van der Waals surface area contributed by atoms with Gasteiger partial charge in [-0.3, -0.25) is 9.59 Å². The summed E-state index contributed by atoms with van der Waals surface area (Å²) in [4.78, 5) is 26.8. The van der Waals surface area contributed by atoms with Gasteiger partial charge in [0.1, 0.15) is 0 Å². The van der Waals surface area contributed by atoms with Gasteiger partial charge in [-0.05, 0) is 42.8 Å². The molecule has 162 valence electrons. The molecule has 0 aliphatic rings. The van der Waals surface area contributed by atoms with Gasteiger partial charge in [0.2, 0.25) is 0 Å². The number of nitrogens with one attached hydrogen (secondary N) is 2. The third-order valence-electron chi connectivity index (χ3n) is 4.24. The van der Waals surface area contributed by atoms with Crippen LogP contribution in [0, 0.1) is 0 Å². The molecule has 0 saturated carbocycles. The van der Waals surface area contributed by atoms with Crippen molar-refractivity contribution in [3.63, 3.8) is 0 Å². The molecular formula is C21H24F3N3O3. The second-order valence-corrected chi connectivity index (χ2v) is 6.76. The SMILES string of the molecule is COCCCNC(=O)c1cc(NC(=O)c2cccc(C(F)(F)F)c2)ccc1N(C)C. The number of amides is 2. The maximum absolute atomic E-state index is 12.9. The number of methoxy groups -OCH3 is 1. The average molecular weight is 423 g/mol. The molecule has 0 atom stereocenters. The Balaban J connectivity index is 2.22. The Bertz CT molecular complexity index is 899. The van der Waals surface area contributed by atoms with E-state index in [1.54, 1.807) is 38.2 Å². The van der Waals surface area contributed by atoms with Crippen LogP contribution in [0.3, 0.4) is 0 Å². The first-order chi connectivity index (χ1) is 14.1. The fourth-order valence-corrected chi connectivity index (χ4v) is 2.74. The van der Waals surface area contributed by atoms with Crippen LogP contribution in [-0.4, -0.2) is 46.2 Å². The molecule has 0 heterocycles. The molecule has 2 amide bonds. The van der Waals surface area contributed by atoms with Crippen LogP contribution in [0.5, 0.6) is 0 Å². The number of rotatable bonds is 8. The summed E-state index contributed by atoms with van der Waals surface area (Å²) in [6.45, 7) is 0.925. The molecule has 0 aliphatic carbocycles. The lowest BCUT2D eigenvalue weighted by atomic mass is 10.1. The zero-order chi connectivity index (χ0) is 22.3. The van der Waals surface area contributed by atoms with E-state index in [0.717, 1.165) is 12.1 Å². The van der Waals surface area contributed by atoms with E-state index < -0.39 is 17.6 Å². The number of halogens is 3. The molecule has 0 aromatic heterocycles. The van der Waals surface area contributed by atoms with E-state index in [0.29, 0.717) is 36.5 Å². The largest absolute Gasteiger partial charge is 0.416 e. The molecule has 0 unspecified atom stereocenters. The normalized spacial score (nSPS) is 11.1. The van der Waals surface area contributed by atoms with Gasteiger partial charge in [0.05, 0.1) is 11.1 Å². The van der Waals surface area contributed by atoms with E-state index in [2.05, 4.69) is 10.6 Å². The summed E-state index contributed by atoms with van der Waals surface area (Å²) in [7, 11) is 5.12. The second-order valence-electron chi connectivity index (χ2n) is 6.76. The van der Waals surface area contributed by atoms with Crippen molar-refractivity contribution in [2.24, 2.45) is 0 Å². The molecule has 2 aromatic carbocycles. The molecular weight excluding hydrogens is 399 g/mol. The number of ether oxygens (including phenoxy) is 1. The van der Waals surface area contributed by atoms with Crippen LogP contribution in [0.4, 0.5) is 24.5 Å². The standard InChI is InChI=1S/C21H24F3N3O3/c1-27(2)18-9-8-16(13-17(18)20(29)25-10-5-11-30-3)26-19(28)14-6-4-7-15(12-14)21(22,23)24/h4,6-9,12-13H,5,10-11H2,1-3H3,(H,25,29)(H,26,28). The predicted octanol–water partition coefficient (Wildman–Crippen LogP) is 3.79. The van der Waals surface area contributed by atoms with Crippen LogP contribution in [0.25, 0.3) is 0 Å². The Morgan fingerprint density at radius 3 is 2.43 bits per heavy atom. The fourth-order valence-electron chi connectivity index (χ4n) is 2.74. The third kappa shape index (κ3) is 6.21. The van der Waals surface area contributed by atoms with Crippen LogP contribution in [0.2, 0.25) is 0 Å². The molecule has 2 aromatic rings. The molecule has 30 heavy (non-hydrogen) atoms. The van der Waals surface area contributed by atoms with Crippen LogP contribution in [0.1, 0.15) is 32.7 Å². The van der Waals surface area contributed by atoms with Gasteiger partial charge in [-0.1, -0.05) is 6.07 Å². The molecule has 0 bridgehead atoms. The number of carbonyl (C=O) groups is 2. The predicted molar refractivity (Wildman–Crippen MR) is 109 cm³/mol. The molecule has 0 aliphatic heterocycles. The first-order valence-corrected chi connectivity index (χ1v) is 9.20. The summed E-state index contributed by atoms with van der Waals surface area (Å²) in [5.74, 6) is -1.03. The quantitative estimate of drug-likeness (QED) is 0.634. The number of alkyl halides is 3. The highest BCUT2D eigenvalue weighted by Crippen LogP contribution is 2.30. The van der Waals surface area contributed by atoms with Crippen molar-refractivity contribution in [1.82, 2.24) is 5.32 Å². The Labute approximate surface area is 173 Å². The van der Waals surface area contributed by atoms with Crippen LogP contribution in [-0.2, 0) is 10.9 Å². The van der Waals surface area contributed by atoms with Crippen molar-refractivity contribution < 1.29 is 27.5 Å². The van der Waals surface area contributed by atoms with Crippen molar-refractivity contribution >= 4 is 23.2 Å². The van der Waals surface area contributed by atoms with Crippen molar-refractivity contribution in [2.45, 2.75) is 12.6 Å².